The van der Waals surface area contributed by atoms with Crippen molar-refractivity contribution in [2.45, 2.75) is 25.4 Å². The van der Waals surface area contributed by atoms with E-state index in [-0.39, 0.29) is 0 Å². The van der Waals surface area contributed by atoms with Crippen LogP contribution in [-0.4, -0.2) is 11.9 Å². The fourth-order valence-corrected chi connectivity index (χ4v) is 3.03. The summed E-state index contributed by atoms with van der Waals surface area (Å²) in [6.45, 7) is 0.621. The van der Waals surface area contributed by atoms with Crippen LogP contribution in [-0.2, 0) is 13.0 Å². The third kappa shape index (κ3) is 2.46. The normalized spacial score (nSPS) is 17.5. The summed E-state index contributed by atoms with van der Waals surface area (Å²) in [7, 11) is 2.04. The first-order valence-electron chi connectivity index (χ1n) is 6.87. The molecule has 1 aliphatic rings. The second-order valence-corrected chi connectivity index (χ2v) is 5.42. The highest BCUT2D eigenvalue weighted by molar-refractivity contribution is 5.34. The van der Waals surface area contributed by atoms with Crippen LogP contribution < -0.4 is 0 Å². The van der Waals surface area contributed by atoms with Crippen LogP contribution in [0.2, 0.25) is 0 Å². The molecule has 1 aliphatic carbocycles. The highest BCUT2D eigenvalue weighted by Gasteiger charge is 2.25. The van der Waals surface area contributed by atoms with Crippen LogP contribution in [0.15, 0.2) is 42.5 Å². The van der Waals surface area contributed by atoms with E-state index in [1.165, 1.54) is 23.3 Å². The molecule has 0 aliphatic heterocycles. The van der Waals surface area contributed by atoms with Crippen molar-refractivity contribution in [2.75, 3.05) is 7.05 Å². The fraction of sp³-hybridized carbons (Fsp3) is 0.294. The Morgan fingerprint density at radius 2 is 1.90 bits per heavy atom. The smallest absolute Gasteiger partial charge is 0.159 e. The first kappa shape index (κ1) is 13.3. The number of hydrogen-bond acceptors (Lipinski definition) is 1. The minimum atomic E-state index is -0.789. The number of benzene rings is 2. The summed E-state index contributed by atoms with van der Waals surface area (Å²) in [5.74, 6) is -1.56. The van der Waals surface area contributed by atoms with Gasteiger partial charge in [-0.25, -0.2) is 8.78 Å². The van der Waals surface area contributed by atoms with Crippen molar-refractivity contribution in [1.82, 2.24) is 4.90 Å². The Kier molecular flexibility index (Phi) is 3.53. The number of halogens is 2. The van der Waals surface area contributed by atoms with Crippen LogP contribution in [0.25, 0.3) is 0 Å². The van der Waals surface area contributed by atoms with Crippen molar-refractivity contribution in [3.63, 3.8) is 0 Å². The van der Waals surface area contributed by atoms with E-state index >= 15 is 0 Å². The van der Waals surface area contributed by atoms with Gasteiger partial charge in [-0.15, -0.1) is 0 Å². The van der Waals surface area contributed by atoms with Crippen molar-refractivity contribution in [2.24, 2.45) is 0 Å². The van der Waals surface area contributed by atoms with Crippen molar-refractivity contribution >= 4 is 0 Å². The molecule has 0 spiro atoms. The van der Waals surface area contributed by atoms with Gasteiger partial charge in [-0.3, -0.25) is 4.90 Å². The monoisotopic (exact) mass is 273 g/mol. The SMILES string of the molecule is CN(Cc1ccc(F)c(F)c1)C1CCc2ccccc21. The Balaban J connectivity index is 1.77. The molecule has 0 saturated carbocycles. The van der Waals surface area contributed by atoms with Crippen LogP contribution in [0.4, 0.5) is 8.78 Å². The zero-order valence-electron chi connectivity index (χ0n) is 11.4. The molecule has 0 saturated heterocycles. The number of fused-ring (bicyclic) bond motifs is 1. The van der Waals surface area contributed by atoms with E-state index in [1.807, 2.05) is 7.05 Å². The number of rotatable bonds is 3. The first-order chi connectivity index (χ1) is 9.65. The Bertz CT molecular complexity index is 624. The van der Waals surface area contributed by atoms with E-state index in [2.05, 4.69) is 29.2 Å². The Hall–Kier alpha value is -1.74. The van der Waals surface area contributed by atoms with E-state index in [0.29, 0.717) is 12.6 Å². The average molecular weight is 273 g/mol. The molecule has 0 bridgehead atoms. The van der Waals surface area contributed by atoms with Gasteiger partial charge in [0.15, 0.2) is 11.6 Å². The van der Waals surface area contributed by atoms with E-state index in [4.69, 9.17) is 0 Å². The summed E-state index contributed by atoms with van der Waals surface area (Å²) in [6.07, 6.45) is 2.17. The lowest BCUT2D eigenvalue weighted by Crippen LogP contribution is -2.22. The average Bonchev–Trinajstić information content (AvgIpc) is 2.87. The zero-order chi connectivity index (χ0) is 14.1. The van der Waals surface area contributed by atoms with Crippen molar-refractivity contribution in [3.8, 4) is 0 Å². The molecule has 0 radical (unpaired) electrons. The van der Waals surface area contributed by atoms with E-state index in [9.17, 15) is 8.78 Å². The number of aryl methyl sites for hydroxylation is 1. The quantitative estimate of drug-likeness (QED) is 0.814. The summed E-state index contributed by atoms with van der Waals surface area (Å²) in [5, 5.41) is 0. The lowest BCUT2D eigenvalue weighted by molar-refractivity contribution is 0.235. The zero-order valence-corrected chi connectivity index (χ0v) is 11.4. The summed E-state index contributed by atoms with van der Waals surface area (Å²) < 4.78 is 26.2. The molecule has 0 aromatic heterocycles. The van der Waals surface area contributed by atoms with Gasteiger partial charge >= 0.3 is 0 Å². The third-order valence-corrected chi connectivity index (χ3v) is 4.05. The lowest BCUT2D eigenvalue weighted by Gasteiger charge is -2.25. The molecule has 0 N–H and O–H groups in total. The molecule has 0 fully saturated rings. The molecule has 2 aromatic rings. The fourth-order valence-electron chi connectivity index (χ4n) is 3.03. The summed E-state index contributed by atoms with van der Waals surface area (Å²) in [5.41, 5.74) is 3.56. The molecule has 1 nitrogen and oxygen atoms in total. The maximum absolute atomic E-state index is 13.3. The molecule has 0 heterocycles. The molecule has 1 atom stereocenters. The minimum Gasteiger partial charge on any atom is -0.295 e. The first-order valence-corrected chi connectivity index (χ1v) is 6.87. The van der Waals surface area contributed by atoms with Crippen molar-refractivity contribution in [3.05, 3.63) is 70.8 Å². The van der Waals surface area contributed by atoms with E-state index in [0.717, 1.165) is 18.4 Å². The predicted molar refractivity (Wildman–Crippen MR) is 75.3 cm³/mol. The highest BCUT2D eigenvalue weighted by Crippen LogP contribution is 2.35. The van der Waals surface area contributed by atoms with Gasteiger partial charge < -0.3 is 0 Å². The van der Waals surface area contributed by atoms with Gasteiger partial charge in [-0.1, -0.05) is 30.3 Å². The van der Waals surface area contributed by atoms with Gasteiger partial charge in [-0.05, 0) is 48.7 Å². The second-order valence-electron chi connectivity index (χ2n) is 5.42. The maximum atomic E-state index is 13.3. The van der Waals surface area contributed by atoms with Gasteiger partial charge in [0.1, 0.15) is 0 Å². The second kappa shape index (κ2) is 5.33. The molecule has 3 heteroatoms. The molecule has 2 aromatic carbocycles. The predicted octanol–water partition coefficient (Wildman–Crippen LogP) is 4.08. The van der Waals surface area contributed by atoms with E-state index < -0.39 is 11.6 Å². The van der Waals surface area contributed by atoms with Crippen LogP contribution >= 0.6 is 0 Å². The van der Waals surface area contributed by atoms with Crippen LogP contribution in [0.1, 0.15) is 29.2 Å². The maximum Gasteiger partial charge on any atom is 0.159 e. The summed E-state index contributed by atoms with van der Waals surface area (Å²) >= 11 is 0. The minimum absolute atomic E-state index is 0.360. The van der Waals surface area contributed by atoms with Gasteiger partial charge in [0.05, 0.1) is 0 Å². The van der Waals surface area contributed by atoms with Crippen molar-refractivity contribution < 1.29 is 8.78 Å². The molecular formula is C17H17F2N. The molecular weight excluding hydrogens is 256 g/mol. The van der Waals surface area contributed by atoms with Gasteiger partial charge in [-0.2, -0.15) is 0 Å². The van der Waals surface area contributed by atoms with Gasteiger partial charge in [0.25, 0.3) is 0 Å². The third-order valence-electron chi connectivity index (χ3n) is 4.05. The van der Waals surface area contributed by atoms with Crippen LogP contribution in [0.3, 0.4) is 0 Å². The largest absolute Gasteiger partial charge is 0.295 e. The van der Waals surface area contributed by atoms with Crippen LogP contribution in [0.5, 0.6) is 0 Å². The van der Waals surface area contributed by atoms with Gasteiger partial charge in [0.2, 0.25) is 0 Å². The highest BCUT2D eigenvalue weighted by atomic mass is 19.2. The summed E-state index contributed by atoms with van der Waals surface area (Å²) in [4.78, 5) is 2.21. The number of hydrogen-bond donors (Lipinski definition) is 0. The molecule has 1 unspecified atom stereocenters. The summed E-state index contributed by atoms with van der Waals surface area (Å²) in [6, 6.07) is 12.9. The molecule has 3 rings (SSSR count). The van der Waals surface area contributed by atoms with Crippen LogP contribution in [0, 0.1) is 11.6 Å². The van der Waals surface area contributed by atoms with Gasteiger partial charge in [0, 0.05) is 12.6 Å². The lowest BCUT2D eigenvalue weighted by atomic mass is 10.1. The Labute approximate surface area is 117 Å². The van der Waals surface area contributed by atoms with Crippen molar-refractivity contribution in [1.29, 1.82) is 0 Å². The molecule has 0 amide bonds. The standard InChI is InChI=1S/C17H17F2N/c1-20(11-12-6-8-15(18)16(19)10-12)17-9-7-13-4-2-3-5-14(13)17/h2-6,8,10,17H,7,9,11H2,1H3. The number of nitrogens with zero attached hydrogens (tertiary/aromatic N) is 1. The molecule has 20 heavy (non-hydrogen) atoms. The topological polar surface area (TPSA) is 3.24 Å². The Morgan fingerprint density at radius 3 is 2.70 bits per heavy atom. The Morgan fingerprint density at radius 1 is 1.10 bits per heavy atom. The van der Waals surface area contributed by atoms with E-state index in [1.54, 1.807) is 6.07 Å². The molecule has 104 valence electrons.